The fraction of sp³-hybridized carbons (Fsp3) is 0.375. The highest BCUT2D eigenvalue weighted by atomic mass is 32.2. The maximum atomic E-state index is 12.4. The topological polar surface area (TPSA) is 38.8 Å². The Kier molecular flexibility index (Phi) is 5.47. The highest BCUT2D eigenvalue weighted by Crippen LogP contribution is 2.35. The minimum atomic E-state index is -0.0437. The second-order valence-corrected chi connectivity index (χ2v) is 6.66. The SMILES string of the molecule is CCOc1ccc(/C=C2\SC(=S)N(C(C)C)C2=O)cc1OC. The van der Waals surface area contributed by atoms with Crippen LogP contribution in [0.25, 0.3) is 6.08 Å². The lowest BCUT2D eigenvalue weighted by Gasteiger charge is -2.18. The third-order valence-corrected chi connectivity index (χ3v) is 4.46. The van der Waals surface area contributed by atoms with Crippen molar-refractivity contribution in [3.8, 4) is 11.5 Å². The Morgan fingerprint density at radius 2 is 2.09 bits per heavy atom. The fourth-order valence-electron chi connectivity index (χ4n) is 2.13. The average molecular weight is 337 g/mol. The molecule has 2 rings (SSSR count). The predicted octanol–water partition coefficient (Wildman–Crippen LogP) is 3.70. The molecular weight excluding hydrogens is 318 g/mol. The minimum absolute atomic E-state index is 0.0437. The molecule has 1 amide bonds. The fourth-order valence-corrected chi connectivity index (χ4v) is 3.65. The number of methoxy groups -OCH3 is 1. The first kappa shape index (κ1) is 16.8. The first-order valence-electron chi connectivity index (χ1n) is 7.05. The monoisotopic (exact) mass is 337 g/mol. The molecule has 1 aromatic carbocycles. The van der Waals surface area contributed by atoms with E-state index in [4.69, 9.17) is 21.7 Å². The van der Waals surface area contributed by atoms with E-state index < -0.39 is 0 Å². The molecule has 0 N–H and O–H groups in total. The van der Waals surface area contributed by atoms with Crippen LogP contribution < -0.4 is 9.47 Å². The molecule has 1 aromatic rings. The Balaban J connectivity index is 2.30. The summed E-state index contributed by atoms with van der Waals surface area (Å²) in [5.74, 6) is 1.30. The predicted molar refractivity (Wildman–Crippen MR) is 94.3 cm³/mol. The van der Waals surface area contributed by atoms with Crippen LogP contribution in [0, 0.1) is 0 Å². The molecule has 4 nitrogen and oxygen atoms in total. The van der Waals surface area contributed by atoms with Crippen LogP contribution in [0.2, 0.25) is 0 Å². The van der Waals surface area contributed by atoms with E-state index in [9.17, 15) is 4.79 Å². The van der Waals surface area contributed by atoms with Crippen molar-refractivity contribution in [2.24, 2.45) is 0 Å². The van der Waals surface area contributed by atoms with Gasteiger partial charge >= 0.3 is 0 Å². The van der Waals surface area contributed by atoms with E-state index in [-0.39, 0.29) is 11.9 Å². The van der Waals surface area contributed by atoms with E-state index >= 15 is 0 Å². The zero-order chi connectivity index (χ0) is 16.3. The molecule has 0 saturated carbocycles. The number of hydrogen-bond donors (Lipinski definition) is 0. The number of ether oxygens (including phenoxy) is 2. The Bertz CT molecular complexity index is 626. The highest BCUT2D eigenvalue weighted by molar-refractivity contribution is 8.26. The molecule has 0 bridgehead atoms. The average Bonchev–Trinajstić information content (AvgIpc) is 2.75. The summed E-state index contributed by atoms with van der Waals surface area (Å²) in [6.07, 6.45) is 1.83. The molecular formula is C16H19NO3S2. The number of rotatable bonds is 5. The van der Waals surface area contributed by atoms with Gasteiger partial charge < -0.3 is 9.47 Å². The summed E-state index contributed by atoms with van der Waals surface area (Å²) in [5.41, 5.74) is 0.879. The van der Waals surface area contributed by atoms with Crippen LogP contribution >= 0.6 is 24.0 Å². The van der Waals surface area contributed by atoms with Crippen LogP contribution in [0.5, 0.6) is 11.5 Å². The van der Waals surface area contributed by atoms with Crippen LogP contribution in [0.1, 0.15) is 26.3 Å². The number of carbonyl (C=O) groups is 1. The molecule has 0 atom stereocenters. The maximum Gasteiger partial charge on any atom is 0.266 e. The number of nitrogens with zero attached hydrogens (tertiary/aromatic N) is 1. The van der Waals surface area contributed by atoms with E-state index in [0.29, 0.717) is 27.3 Å². The Hall–Kier alpha value is -1.53. The van der Waals surface area contributed by atoms with E-state index in [1.807, 2.05) is 45.0 Å². The summed E-state index contributed by atoms with van der Waals surface area (Å²) < 4.78 is 11.4. The normalized spacial score (nSPS) is 16.8. The van der Waals surface area contributed by atoms with Gasteiger partial charge in [-0.3, -0.25) is 9.69 Å². The molecule has 0 unspecified atom stereocenters. The van der Waals surface area contributed by atoms with Gasteiger partial charge in [-0.15, -0.1) is 0 Å². The van der Waals surface area contributed by atoms with E-state index in [1.54, 1.807) is 12.0 Å². The number of carbonyl (C=O) groups excluding carboxylic acids is 1. The summed E-state index contributed by atoms with van der Waals surface area (Å²) in [7, 11) is 1.60. The number of amides is 1. The molecule has 6 heteroatoms. The number of benzene rings is 1. The van der Waals surface area contributed by atoms with Crippen molar-refractivity contribution in [3.63, 3.8) is 0 Å². The van der Waals surface area contributed by atoms with Crippen LogP contribution in [-0.4, -0.2) is 34.9 Å². The Labute approximate surface area is 140 Å². The number of hydrogen-bond acceptors (Lipinski definition) is 5. The molecule has 118 valence electrons. The van der Waals surface area contributed by atoms with Crippen LogP contribution in [0.3, 0.4) is 0 Å². The zero-order valence-corrected chi connectivity index (χ0v) is 14.7. The molecule has 0 aromatic heterocycles. The van der Waals surface area contributed by atoms with Crippen molar-refractivity contribution >= 4 is 40.3 Å². The first-order valence-corrected chi connectivity index (χ1v) is 8.28. The van der Waals surface area contributed by atoms with Gasteiger partial charge in [-0.2, -0.15) is 0 Å². The summed E-state index contributed by atoms with van der Waals surface area (Å²) in [4.78, 5) is 14.6. The lowest BCUT2D eigenvalue weighted by Crippen LogP contribution is -2.34. The number of thioether (sulfide) groups is 1. The quantitative estimate of drug-likeness (QED) is 0.605. The van der Waals surface area contributed by atoms with E-state index in [2.05, 4.69) is 0 Å². The van der Waals surface area contributed by atoms with Gasteiger partial charge in [-0.1, -0.05) is 30.0 Å². The van der Waals surface area contributed by atoms with E-state index in [0.717, 1.165) is 5.56 Å². The maximum absolute atomic E-state index is 12.4. The van der Waals surface area contributed by atoms with Crippen LogP contribution in [-0.2, 0) is 4.79 Å². The van der Waals surface area contributed by atoms with Gasteiger partial charge in [0.2, 0.25) is 0 Å². The van der Waals surface area contributed by atoms with Crippen molar-refractivity contribution in [2.75, 3.05) is 13.7 Å². The van der Waals surface area contributed by atoms with Crippen molar-refractivity contribution in [2.45, 2.75) is 26.8 Å². The summed E-state index contributed by atoms with van der Waals surface area (Å²) >= 11 is 6.60. The van der Waals surface area contributed by atoms with Gasteiger partial charge in [0.15, 0.2) is 11.5 Å². The zero-order valence-electron chi connectivity index (χ0n) is 13.1. The molecule has 1 heterocycles. The van der Waals surface area contributed by atoms with Crippen molar-refractivity contribution in [3.05, 3.63) is 28.7 Å². The molecule has 1 saturated heterocycles. The molecule has 0 spiro atoms. The van der Waals surface area contributed by atoms with Gasteiger partial charge in [0, 0.05) is 6.04 Å². The van der Waals surface area contributed by atoms with Crippen LogP contribution in [0.15, 0.2) is 23.1 Å². The molecule has 1 aliphatic rings. The van der Waals surface area contributed by atoms with Crippen molar-refractivity contribution < 1.29 is 14.3 Å². The third-order valence-electron chi connectivity index (χ3n) is 3.13. The van der Waals surface area contributed by atoms with E-state index in [1.165, 1.54) is 11.8 Å². The Morgan fingerprint density at radius 1 is 1.36 bits per heavy atom. The standard InChI is InChI=1S/C16H19NO3S2/c1-5-20-12-7-6-11(8-13(12)19-4)9-14-15(18)17(10(2)3)16(21)22-14/h6-10H,5H2,1-4H3/b14-9-. The highest BCUT2D eigenvalue weighted by Gasteiger charge is 2.33. The minimum Gasteiger partial charge on any atom is -0.493 e. The summed E-state index contributed by atoms with van der Waals surface area (Å²) in [6, 6.07) is 5.66. The lowest BCUT2D eigenvalue weighted by molar-refractivity contribution is -0.123. The Morgan fingerprint density at radius 3 is 2.64 bits per heavy atom. The third kappa shape index (κ3) is 3.44. The lowest BCUT2D eigenvalue weighted by atomic mass is 10.2. The molecule has 0 aliphatic carbocycles. The van der Waals surface area contributed by atoms with Gasteiger partial charge in [-0.25, -0.2) is 0 Å². The summed E-state index contributed by atoms with van der Waals surface area (Å²) in [5, 5.41) is 0. The van der Waals surface area contributed by atoms with Gasteiger partial charge in [0.05, 0.1) is 18.6 Å². The van der Waals surface area contributed by atoms with Gasteiger partial charge in [0.25, 0.3) is 5.91 Å². The summed E-state index contributed by atoms with van der Waals surface area (Å²) in [6.45, 7) is 6.40. The second-order valence-electron chi connectivity index (χ2n) is 4.99. The van der Waals surface area contributed by atoms with Gasteiger partial charge in [-0.05, 0) is 44.5 Å². The van der Waals surface area contributed by atoms with Gasteiger partial charge in [0.1, 0.15) is 4.32 Å². The second kappa shape index (κ2) is 7.15. The molecule has 0 radical (unpaired) electrons. The number of thiocarbonyl (C=S) groups is 1. The largest absolute Gasteiger partial charge is 0.493 e. The first-order chi connectivity index (χ1) is 10.5. The molecule has 1 fully saturated rings. The van der Waals surface area contributed by atoms with Crippen molar-refractivity contribution in [1.82, 2.24) is 4.90 Å². The van der Waals surface area contributed by atoms with Crippen molar-refractivity contribution in [1.29, 1.82) is 0 Å². The molecule has 22 heavy (non-hydrogen) atoms. The van der Waals surface area contributed by atoms with Crippen LogP contribution in [0.4, 0.5) is 0 Å². The smallest absolute Gasteiger partial charge is 0.266 e. The molecule has 1 aliphatic heterocycles.